The van der Waals surface area contributed by atoms with Gasteiger partial charge in [0.1, 0.15) is 11.4 Å². The van der Waals surface area contributed by atoms with Crippen LogP contribution in [0.2, 0.25) is 10.0 Å². The Morgan fingerprint density at radius 1 is 0.833 bits per heavy atom. The maximum absolute atomic E-state index is 13.4. The van der Waals surface area contributed by atoms with Crippen molar-refractivity contribution >= 4 is 46.3 Å². The maximum Gasteiger partial charge on any atom is 0.295 e. The van der Waals surface area contributed by atoms with E-state index >= 15 is 0 Å². The van der Waals surface area contributed by atoms with Crippen LogP contribution in [0.4, 0.5) is 11.4 Å². The van der Waals surface area contributed by atoms with Crippen molar-refractivity contribution in [1.29, 1.82) is 0 Å². The highest BCUT2D eigenvalue weighted by atomic mass is 35.5. The predicted octanol–water partition coefficient (Wildman–Crippen LogP) is 5.61. The summed E-state index contributed by atoms with van der Waals surface area (Å²) < 4.78 is 3.16. The molecule has 0 radical (unpaired) electrons. The van der Waals surface area contributed by atoms with E-state index in [4.69, 9.17) is 23.2 Å². The average molecular weight is 521 g/mol. The number of amides is 1. The van der Waals surface area contributed by atoms with Crippen LogP contribution in [-0.4, -0.2) is 21.1 Å². The van der Waals surface area contributed by atoms with Gasteiger partial charge in [-0.2, -0.15) is 0 Å². The molecule has 0 fully saturated rings. The smallest absolute Gasteiger partial charge is 0.295 e. The number of halogens is 2. The summed E-state index contributed by atoms with van der Waals surface area (Å²) in [6, 6.07) is 21.9. The molecule has 4 aromatic rings. The van der Waals surface area contributed by atoms with Gasteiger partial charge in [-0.1, -0.05) is 41.4 Å². The first-order valence-corrected chi connectivity index (χ1v) is 11.7. The van der Waals surface area contributed by atoms with Gasteiger partial charge in [0.2, 0.25) is 0 Å². The molecule has 1 heterocycles. The van der Waals surface area contributed by atoms with Crippen LogP contribution in [0, 0.1) is 6.92 Å². The number of hydrogen-bond donors (Lipinski definition) is 2. The zero-order chi connectivity index (χ0) is 25.8. The van der Waals surface area contributed by atoms with Crippen molar-refractivity contribution in [2.75, 3.05) is 10.6 Å². The van der Waals surface area contributed by atoms with Gasteiger partial charge in [0.05, 0.1) is 11.4 Å². The van der Waals surface area contributed by atoms with E-state index in [0.29, 0.717) is 32.7 Å². The minimum Gasteiger partial charge on any atom is -0.345 e. The van der Waals surface area contributed by atoms with Crippen LogP contribution in [0.5, 0.6) is 0 Å². The largest absolute Gasteiger partial charge is 0.345 e. The highest BCUT2D eigenvalue weighted by Crippen LogP contribution is 2.19. The number of ketones is 1. The Kier molecular flexibility index (Phi) is 7.43. The Labute approximate surface area is 217 Å². The van der Waals surface area contributed by atoms with Gasteiger partial charge < -0.3 is 10.6 Å². The van der Waals surface area contributed by atoms with E-state index < -0.39 is 11.7 Å². The number of nitrogens with zero attached hydrogens (tertiary/aromatic N) is 2. The third kappa shape index (κ3) is 5.43. The van der Waals surface area contributed by atoms with Gasteiger partial charge in [-0.15, -0.1) is 0 Å². The number of rotatable bonds is 7. The summed E-state index contributed by atoms with van der Waals surface area (Å²) in [5.74, 6) is -1.04. The summed E-state index contributed by atoms with van der Waals surface area (Å²) in [7, 11) is 1.74. The zero-order valence-corrected chi connectivity index (χ0v) is 21.0. The van der Waals surface area contributed by atoms with Crippen LogP contribution >= 0.6 is 23.2 Å². The molecule has 0 spiro atoms. The second kappa shape index (κ2) is 10.7. The standard InChI is InChI=1S/C27H22Cl2N4O3/c1-17-25(27(36)33(32(17)2)22-6-4-3-5-7-22)31-23(16-24(34)18-8-10-19(28)11-9-18)26(35)30-21-14-12-20(29)13-15-21/h3-16,31H,1-2H3,(H,30,35)/b23-16-. The fraction of sp³-hybridized carbons (Fsp3) is 0.0741. The number of aromatic nitrogens is 2. The monoisotopic (exact) mass is 520 g/mol. The van der Waals surface area contributed by atoms with Gasteiger partial charge in [0, 0.05) is 34.4 Å². The molecule has 0 saturated carbocycles. The average Bonchev–Trinajstić information content (AvgIpc) is 3.08. The third-order valence-corrected chi connectivity index (χ3v) is 6.07. The molecule has 0 aliphatic rings. The first-order chi connectivity index (χ1) is 17.2. The summed E-state index contributed by atoms with van der Waals surface area (Å²) in [4.78, 5) is 39.6. The van der Waals surface area contributed by atoms with Crippen molar-refractivity contribution in [2.24, 2.45) is 7.05 Å². The molecule has 182 valence electrons. The van der Waals surface area contributed by atoms with Crippen molar-refractivity contribution in [3.05, 3.63) is 122 Å². The van der Waals surface area contributed by atoms with Crippen LogP contribution in [0.25, 0.3) is 5.69 Å². The van der Waals surface area contributed by atoms with E-state index in [1.54, 1.807) is 79.3 Å². The van der Waals surface area contributed by atoms with E-state index in [9.17, 15) is 14.4 Å². The molecule has 2 N–H and O–H groups in total. The Morgan fingerprint density at radius 2 is 1.42 bits per heavy atom. The summed E-state index contributed by atoms with van der Waals surface area (Å²) in [5.41, 5.74) is 1.75. The van der Waals surface area contributed by atoms with Crippen LogP contribution in [0.3, 0.4) is 0 Å². The molecular weight excluding hydrogens is 499 g/mol. The number of nitrogens with one attached hydrogen (secondary N) is 2. The molecule has 0 aliphatic heterocycles. The van der Waals surface area contributed by atoms with Crippen LogP contribution in [-0.2, 0) is 11.8 Å². The number of hydrogen-bond acceptors (Lipinski definition) is 4. The molecule has 3 aromatic carbocycles. The number of anilines is 2. The summed E-state index contributed by atoms with van der Waals surface area (Å²) in [6.07, 6.45) is 1.16. The second-order valence-electron chi connectivity index (χ2n) is 7.95. The fourth-order valence-electron chi connectivity index (χ4n) is 3.57. The number of allylic oxidation sites excluding steroid dienone is 1. The van der Waals surface area contributed by atoms with Crippen molar-refractivity contribution in [3.8, 4) is 5.69 Å². The molecule has 4 rings (SSSR count). The Balaban J connectivity index is 1.74. The molecule has 0 bridgehead atoms. The van der Waals surface area contributed by atoms with Crippen molar-refractivity contribution in [1.82, 2.24) is 9.36 Å². The summed E-state index contributed by atoms with van der Waals surface area (Å²) in [6.45, 7) is 1.75. The third-order valence-electron chi connectivity index (χ3n) is 5.56. The summed E-state index contributed by atoms with van der Waals surface area (Å²) in [5, 5.41) is 6.64. The molecule has 9 heteroatoms. The van der Waals surface area contributed by atoms with E-state index in [1.807, 2.05) is 18.2 Å². The van der Waals surface area contributed by atoms with Gasteiger partial charge in [0.25, 0.3) is 11.5 Å². The Hall–Kier alpha value is -4.07. The lowest BCUT2D eigenvalue weighted by Gasteiger charge is -2.11. The molecule has 36 heavy (non-hydrogen) atoms. The molecule has 7 nitrogen and oxygen atoms in total. The predicted molar refractivity (Wildman–Crippen MR) is 143 cm³/mol. The minimum absolute atomic E-state index is 0.101. The number of benzene rings is 3. The molecule has 1 amide bonds. The minimum atomic E-state index is -0.603. The molecule has 0 atom stereocenters. The van der Waals surface area contributed by atoms with E-state index in [0.717, 1.165) is 6.08 Å². The fourth-order valence-corrected chi connectivity index (χ4v) is 3.82. The van der Waals surface area contributed by atoms with Gasteiger partial charge in [0.15, 0.2) is 5.78 Å². The lowest BCUT2D eigenvalue weighted by Crippen LogP contribution is -2.25. The quantitative estimate of drug-likeness (QED) is 0.245. The lowest BCUT2D eigenvalue weighted by molar-refractivity contribution is -0.112. The molecule has 0 aliphatic carbocycles. The van der Waals surface area contributed by atoms with Crippen molar-refractivity contribution in [2.45, 2.75) is 6.92 Å². The van der Waals surface area contributed by atoms with Crippen LogP contribution < -0.4 is 16.2 Å². The Morgan fingerprint density at radius 3 is 2.03 bits per heavy atom. The zero-order valence-electron chi connectivity index (χ0n) is 19.5. The second-order valence-corrected chi connectivity index (χ2v) is 8.82. The highest BCUT2D eigenvalue weighted by Gasteiger charge is 2.21. The normalized spacial score (nSPS) is 11.3. The topological polar surface area (TPSA) is 85.1 Å². The van der Waals surface area contributed by atoms with Gasteiger partial charge in [-0.3, -0.25) is 19.1 Å². The van der Waals surface area contributed by atoms with E-state index in [-0.39, 0.29) is 16.9 Å². The van der Waals surface area contributed by atoms with Crippen LogP contribution in [0.15, 0.2) is 95.4 Å². The molecule has 1 aromatic heterocycles. The molecule has 0 saturated heterocycles. The van der Waals surface area contributed by atoms with Gasteiger partial charge in [-0.25, -0.2) is 4.68 Å². The molecule has 0 unspecified atom stereocenters. The maximum atomic E-state index is 13.4. The number of carbonyl (C=O) groups is 2. The first-order valence-electron chi connectivity index (χ1n) is 10.9. The number of carbonyl (C=O) groups excluding carboxylic acids is 2. The highest BCUT2D eigenvalue weighted by molar-refractivity contribution is 6.31. The van der Waals surface area contributed by atoms with Crippen molar-refractivity contribution in [3.63, 3.8) is 0 Å². The van der Waals surface area contributed by atoms with Crippen molar-refractivity contribution < 1.29 is 9.59 Å². The van der Waals surface area contributed by atoms with Gasteiger partial charge in [-0.05, 0) is 67.6 Å². The van der Waals surface area contributed by atoms with Crippen LogP contribution in [0.1, 0.15) is 16.1 Å². The van der Waals surface area contributed by atoms with E-state index in [1.165, 1.54) is 4.68 Å². The summed E-state index contributed by atoms with van der Waals surface area (Å²) >= 11 is 11.9. The SMILES string of the molecule is Cc1c(N/C(=C\C(=O)c2ccc(Cl)cc2)C(=O)Nc2ccc(Cl)cc2)c(=O)n(-c2ccccc2)n1C. The Bertz CT molecular complexity index is 1500. The first kappa shape index (κ1) is 25.0. The van der Waals surface area contributed by atoms with E-state index in [2.05, 4.69) is 10.6 Å². The van der Waals surface area contributed by atoms with Gasteiger partial charge >= 0.3 is 0 Å². The molecular formula is C27H22Cl2N4O3. The number of para-hydroxylation sites is 1. The lowest BCUT2D eigenvalue weighted by atomic mass is 10.1.